The summed E-state index contributed by atoms with van der Waals surface area (Å²) >= 11 is 0. The van der Waals surface area contributed by atoms with Crippen LogP contribution in [0.5, 0.6) is 5.75 Å². The fraction of sp³-hybridized carbons (Fsp3) is 0.333. The zero-order valence-electron chi connectivity index (χ0n) is 20.9. The highest BCUT2D eigenvalue weighted by atomic mass is 19.4. The van der Waals surface area contributed by atoms with E-state index in [-0.39, 0.29) is 38.0 Å². The van der Waals surface area contributed by atoms with Crippen LogP contribution in [0.4, 0.5) is 22.8 Å². The molecule has 2 heterocycles. The molecule has 3 aromatic rings. The number of terminal acetylenes is 1. The second-order valence-electron chi connectivity index (χ2n) is 8.78. The van der Waals surface area contributed by atoms with Crippen molar-refractivity contribution in [2.24, 2.45) is 0 Å². The zero-order chi connectivity index (χ0) is 27.8. The van der Waals surface area contributed by atoms with Crippen molar-refractivity contribution in [2.75, 3.05) is 26.2 Å². The first-order chi connectivity index (χ1) is 18.7. The van der Waals surface area contributed by atoms with Crippen molar-refractivity contribution in [3.8, 4) is 29.4 Å². The highest BCUT2D eigenvalue weighted by molar-refractivity contribution is 5.77. The molecular weight excluding hydrogens is 515 g/mol. The number of amides is 2. The topological polar surface area (TPSA) is 89.8 Å². The number of ether oxygens (including phenoxy) is 2. The van der Waals surface area contributed by atoms with Gasteiger partial charge in [0.05, 0.1) is 18.8 Å². The lowest BCUT2D eigenvalue weighted by Gasteiger charge is -2.40. The average Bonchev–Trinajstić information content (AvgIpc) is 3.41. The second-order valence-corrected chi connectivity index (χ2v) is 8.78. The summed E-state index contributed by atoms with van der Waals surface area (Å²) in [6.07, 6.45) is 2.90. The van der Waals surface area contributed by atoms with Gasteiger partial charge in [-0.25, -0.2) is 9.59 Å². The molecule has 39 heavy (non-hydrogen) atoms. The van der Waals surface area contributed by atoms with E-state index in [0.29, 0.717) is 30.5 Å². The quantitative estimate of drug-likeness (QED) is 0.321. The van der Waals surface area contributed by atoms with Crippen molar-refractivity contribution < 1.29 is 32.2 Å². The Kier molecular flexibility index (Phi) is 8.70. The first-order valence-electron chi connectivity index (χ1n) is 12.2. The Morgan fingerprint density at radius 2 is 1.82 bits per heavy atom. The van der Waals surface area contributed by atoms with Gasteiger partial charge in [0, 0.05) is 31.6 Å². The van der Waals surface area contributed by atoms with Gasteiger partial charge < -0.3 is 19.3 Å². The summed E-state index contributed by atoms with van der Waals surface area (Å²) in [7, 11) is 0. The van der Waals surface area contributed by atoms with Crippen LogP contribution in [-0.2, 0) is 11.2 Å². The Bertz CT molecular complexity index is 1310. The lowest BCUT2D eigenvalue weighted by molar-refractivity contribution is -0.274. The van der Waals surface area contributed by atoms with Crippen LogP contribution in [0.3, 0.4) is 0 Å². The molecule has 12 heteroatoms. The van der Waals surface area contributed by atoms with Crippen LogP contribution in [0.25, 0.3) is 11.3 Å². The molecular formula is C27H26F3N5O4. The molecule has 0 N–H and O–H groups in total. The van der Waals surface area contributed by atoms with Crippen LogP contribution in [0.15, 0.2) is 60.8 Å². The summed E-state index contributed by atoms with van der Waals surface area (Å²) in [5.41, 5.74) is 1.75. The molecule has 1 saturated heterocycles. The highest BCUT2D eigenvalue weighted by Crippen LogP contribution is 2.26. The highest BCUT2D eigenvalue weighted by Gasteiger charge is 2.35. The number of nitrogens with zero attached hydrogens (tertiary/aromatic N) is 5. The van der Waals surface area contributed by atoms with Gasteiger partial charge >= 0.3 is 18.5 Å². The molecule has 1 fully saturated rings. The SMILES string of the molecule is C#CCCCOC(=O)N1CCN(C(=O)n2ncc(-c3ccc(OC(F)(F)F)cc3)n2)C(Cc2ccccc2)C1. The van der Waals surface area contributed by atoms with E-state index in [1.165, 1.54) is 18.3 Å². The molecule has 1 atom stereocenters. The lowest BCUT2D eigenvalue weighted by Crippen LogP contribution is -2.58. The van der Waals surface area contributed by atoms with Gasteiger partial charge in [-0.15, -0.1) is 30.6 Å². The van der Waals surface area contributed by atoms with Crippen molar-refractivity contribution in [1.82, 2.24) is 24.8 Å². The van der Waals surface area contributed by atoms with E-state index < -0.39 is 18.5 Å². The predicted molar refractivity (Wildman–Crippen MR) is 135 cm³/mol. The standard InChI is InChI=1S/C27H26F3N5O4/c1-2-3-7-16-38-26(37)33-14-15-34(22(19-33)17-20-8-5-4-6-9-20)25(36)35-31-18-24(32-35)21-10-12-23(13-11-21)39-27(28,29)30/h1,4-6,8-13,18,22H,3,7,14-17,19H2. The summed E-state index contributed by atoms with van der Waals surface area (Å²) < 4.78 is 46.5. The summed E-state index contributed by atoms with van der Waals surface area (Å²) in [6.45, 7) is 0.966. The third-order valence-electron chi connectivity index (χ3n) is 6.04. The van der Waals surface area contributed by atoms with Crippen molar-refractivity contribution in [3.05, 3.63) is 66.4 Å². The molecule has 204 valence electrons. The number of benzene rings is 2. The van der Waals surface area contributed by atoms with Crippen LogP contribution in [0.1, 0.15) is 18.4 Å². The van der Waals surface area contributed by atoms with E-state index in [1.807, 2.05) is 30.3 Å². The van der Waals surface area contributed by atoms with Gasteiger partial charge in [-0.1, -0.05) is 35.1 Å². The van der Waals surface area contributed by atoms with E-state index >= 15 is 0 Å². The molecule has 0 bridgehead atoms. The normalized spacial score (nSPS) is 15.5. The summed E-state index contributed by atoms with van der Waals surface area (Å²) in [5.74, 6) is 2.13. The van der Waals surface area contributed by atoms with Gasteiger partial charge in [0.15, 0.2) is 0 Å². The minimum absolute atomic E-state index is 0.217. The molecule has 0 saturated carbocycles. The number of alkyl halides is 3. The van der Waals surface area contributed by atoms with Crippen LogP contribution in [-0.4, -0.2) is 75.6 Å². The molecule has 0 spiro atoms. The predicted octanol–water partition coefficient (Wildman–Crippen LogP) is 4.59. The fourth-order valence-electron chi connectivity index (χ4n) is 4.19. The van der Waals surface area contributed by atoms with Gasteiger partial charge in [-0.3, -0.25) is 0 Å². The summed E-state index contributed by atoms with van der Waals surface area (Å²) in [4.78, 5) is 30.2. The molecule has 9 nitrogen and oxygen atoms in total. The molecule has 1 aromatic heterocycles. The minimum atomic E-state index is -4.80. The number of carbonyl (C=O) groups excluding carboxylic acids is 2. The molecule has 0 aliphatic carbocycles. The Morgan fingerprint density at radius 3 is 2.51 bits per heavy atom. The molecule has 1 aliphatic rings. The smallest absolute Gasteiger partial charge is 0.449 e. The van der Waals surface area contributed by atoms with E-state index in [2.05, 4.69) is 20.9 Å². The Balaban J connectivity index is 1.47. The minimum Gasteiger partial charge on any atom is -0.449 e. The zero-order valence-corrected chi connectivity index (χ0v) is 20.9. The van der Waals surface area contributed by atoms with Gasteiger partial charge in [0.1, 0.15) is 11.4 Å². The van der Waals surface area contributed by atoms with E-state index in [0.717, 1.165) is 22.5 Å². The molecule has 1 aliphatic heterocycles. The van der Waals surface area contributed by atoms with E-state index in [9.17, 15) is 22.8 Å². The van der Waals surface area contributed by atoms with Crippen LogP contribution in [0.2, 0.25) is 0 Å². The van der Waals surface area contributed by atoms with Crippen molar-refractivity contribution >= 4 is 12.1 Å². The molecule has 2 aromatic carbocycles. The van der Waals surface area contributed by atoms with E-state index in [4.69, 9.17) is 11.2 Å². The van der Waals surface area contributed by atoms with Crippen LogP contribution < -0.4 is 4.74 Å². The Hall–Kier alpha value is -4.53. The first kappa shape index (κ1) is 27.5. The summed E-state index contributed by atoms with van der Waals surface area (Å²) in [6, 6.07) is 13.8. The van der Waals surface area contributed by atoms with Crippen LogP contribution >= 0.6 is 0 Å². The van der Waals surface area contributed by atoms with Crippen molar-refractivity contribution in [1.29, 1.82) is 0 Å². The van der Waals surface area contributed by atoms with Gasteiger partial charge in [-0.2, -0.15) is 5.10 Å². The van der Waals surface area contributed by atoms with Crippen molar-refractivity contribution in [2.45, 2.75) is 31.7 Å². The van der Waals surface area contributed by atoms with Gasteiger partial charge in [0.2, 0.25) is 0 Å². The number of carbonyl (C=O) groups is 2. The van der Waals surface area contributed by atoms with Crippen LogP contribution in [0, 0.1) is 12.3 Å². The number of hydrogen-bond acceptors (Lipinski definition) is 6. The second kappa shape index (κ2) is 12.3. The average molecular weight is 542 g/mol. The maximum Gasteiger partial charge on any atom is 0.573 e. The summed E-state index contributed by atoms with van der Waals surface area (Å²) in [5, 5.41) is 8.33. The largest absolute Gasteiger partial charge is 0.573 e. The lowest BCUT2D eigenvalue weighted by atomic mass is 10.0. The third kappa shape index (κ3) is 7.50. The number of halogens is 3. The van der Waals surface area contributed by atoms with E-state index in [1.54, 1.807) is 9.80 Å². The molecule has 0 radical (unpaired) electrons. The number of piperazine rings is 1. The molecule has 1 unspecified atom stereocenters. The van der Waals surface area contributed by atoms with Gasteiger partial charge in [-0.05, 0) is 42.7 Å². The van der Waals surface area contributed by atoms with Crippen molar-refractivity contribution in [3.63, 3.8) is 0 Å². The Labute approximate surface area is 223 Å². The number of unbranched alkanes of at least 4 members (excludes halogenated alkanes) is 1. The monoisotopic (exact) mass is 541 g/mol. The molecule has 4 rings (SSSR count). The number of rotatable bonds is 7. The number of hydrogen-bond donors (Lipinski definition) is 0. The number of aromatic nitrogens is 3. The Morgan fingerprint density at radius 1 is 1.08 bits per heavy atom. The first-order valence-corrected chi connectivity index (χ1v) is 12.2. The van der Waals surface area contributed by atoms with Gasteiger partial charge in [0.25, 0.3) is 0 Å². The maximum atomic E-state index is 13.4. The third-order valence-corrected chi connectivity index (χ3v) is 6.04. The fourth-order valence-corrected chi connectivity index (χ4v) is 4.19. The molecule has 2 amide bonds. The maximum absolute atomic E-state index is 13.4.